The van der Waals surface area contributed by atoms with Crippen molar-refractivity contribution in [3.05, 3.63) is 48.6 Å². The van der Waals surface area contributed by atoms with Crippen molar-refractivity contribution in [2.75, 3.05) is 0 Å². The number of rotatable bonds is 13. The molecule has 1 heterocycles. The molecule has 6 heteroatoms. The lowest BCUT2D eigenvalue weighted by atomic mass is 10.0. The number of hydrogen-bond acceptors (Lipinski definition) is 5. The molecule has 1 aliphatic heterocycles. The van der Waals surface area contributed by atoms with E-state index in [1.807, 2.05) is 12.2 Å². The second-order valence-electron chi connectivity index (χ2n) is 6.92. The number of carbonyl (C=O) groups is 1. The van der Waals surface area contributed by atoms with Crippen molar-refractivity contribution in [3.8, 4) is 0 Å². The summed E-state index contributed by atoms with van der Waals surface area (Å²) in [5, 5.41) is 38.8. The molecule has 0 amide bonds. The van der Waals surface area contributed by atoms with Gasteiger partial charge < -0.3 is 25.2 Å². The first-order chi connectivity index (χ1) is 13.4. The molecule has 0 aromatic heterocycles. The van der Waals surface area contributed by atoms with E-state index in [1.165, 1.54) is 6.08 Å². The SMILES string of the molecule is CC/C=C\C/C=C\C[C@H](O)/C=C/[C@H](O)[C@@H]1C[C@H](O)[C@H](C/C=C\CCC(=O)O)O1. The van der Waals surface area contributed by atoms with Crippen LogP contribution in [0.1, 0.15) is 51.9 Å². The van der Waals surface area contributed by atoms with Crippen molar-refractivity contribution in [2.45, 2.75) is 82.4 Å². The molecule has 1 fully saturated rings. The molecule has 0 spiro atoms. The van der Waals surface area contributed by atoms with E-state index in [1.54, 1.807) is 18.2 Å². The van der Waals surface area contributed by atoms with Crippen LogP contribution in [0, 0.1) is 0 Å². The van der Waals surface area contributed by atoms with Crippen LogP contribution in [0.15, 0.2) is 48.6 Å². The van der Waals surface area contributed by atoms with Crippen molar-refractivity contribution >= 4 is 5.97 Å². The van der Waals surface area contributed by atoms with Gasteiger partial charge in [0.05, 0.1) is 30.5 Å². The third-order valence-corrected chi connectivity index (χ3v) is 4.44. The number of carboxylic acids is 1. The smallest absolute Gasteiger partial charge is 0.303 e. The number of aliphatic hydroxyl groups is 3. The van der Waals surface area contributed by atoms with Crippen molar-refractivity contribution in [1.82, 2.24) is 0 Å². The first kappa shape index (κ1) is 24.3. The molecule has 1 rings (SSSR count). The summed E-state index contributed by atoms with van der Waals surface area (Å²) in [5.41, 5.74) is 0. The molecule has 0 aromatic rings. The van der Waals surface area contributed by atoms with Gasteiger partial charge in [-0.2, -0.15) is 0 Å². The average Bonchev–Trinajstić information content (AvgIpc) is 3.03. The second-order valence-corrected chi connectivity index (χ2v) is 6.92. The first-order valence-electron chi connectivity index (χ1n) is 9.98. The van der Waals surface area contributed by atoms with E-state index in [9.17, 15) is 20.1 Å². The third kappa shape index (κ3) is 10.6. The number of carboxylic acid groups (broad SMARTS) is 1. The van der Waals surface area contributed by atoms with Gasteiger partial charge in [-0.25, -0.2) is 0 Å². The van der Waals surface area contributed by atoms with E-state index >= 15 is 0 Å². The molecule has 5 atom stereocenters. The molecule has 0 saturated carbocycles. The predicted molar refractivity (Wildman–Crippen MR) is 109 cm³/mol. The van der Waals surface area contributed by atoms with Gasteiger partial charge in [0.25, 0.3) is 0 Å². The largest absolute Gasteiger partial charge is 0.481 e. The Kier molecular flexibility index (Phi) is 12.4. The van der Waals surface area contributed by atoms with Crippen LogP contribution in [0.5, 0.6) is 0 Å². The molecule has 0 aliphatic carbocycles. The maximum atomic E-state index is 10.5. The van der Waals surface area contributed by atoms with Gasteiger partial charge in [-0.3, -0.25) is 4.79 Å². The summed E-state index contributed by atoms with van der Waals surface area (Å²) in [6.45, 7) is 2.08. The minimum absolute atomic E-state index is 0.0731. The number of ether oxygens (including phenoxy) is 1. The van der Waals surface area contributed by atoms with Crippen LogP contribution in [-0.2, 0) is 9.53 Å². The fourth-order valence-corrected chi connectivity index (χ4v) is 2.87. The van der Waals surface area contributed by atoms with E-state index < -0.39 is 36.5 Å². The topological polar surface area (TPSA) is 107 Å². The van der Waals surface area contributed by atoms with E-state index in [0.29, 0.717) is 25.7 Å². The van der Waals surface area contributed by atoms with Gasteiger partial charge >= 0.3 is 5.97 Å². The van der Waals surface area contributed by atoms with Gasteiger partial charge in [-0.15, -0.1) is 0 Å². The van der Waals surface area contributed by atoms with E-state index in [0.717, 1.165) is 12.8 Å². The van der Waals surface area contributed by atoms with Gasteiger partial charge in [0, 0.05) is 12.8 Å². The lowest BCUT2D eigenvalue weighted by Crippen LogP contribution is -2.24. The maximum absolute atomic E-state index is 10.5. The normalized spacial score (nSPS) is 25.5. The summed E-state index contributed by atoms with van der Waals surface area (Å²) in [5.74, 6) is -0.845. The summed E-state index contributed by atoms with van der Waals surface area (Å²) in [6.07, 6.45) is 15.1. The van der Waals surface area contributed by atoms with E-state index in [4.69, 9.17) is 9.84 Å². The highest BCUT2D eigenvalue weighted by atomic mass is 16.5. The minimum Gasteiger partial charge on any atom is -0.481 e. The standard InChI is InChI=1S/C22H34O6/c1-2-3-4-5-6-8-11-17(23)14-15-18(24)21-16-19(25)20(28-21)12-9-7-10-13-22(26)27/h3-4,6-9,14-15,17-21,23-25H,2,5,10-13,16H2,1H3,(H,26,27)/b4-3-,8-6-,9-7-,15-14+/t17-,18-,19-,20-,21-/m0/s1. The first-order valence-corrected chi connectivity index (χ1v) is 9.98. The monoisotopic (exact) mass is 394 g/mol. The highest BCUT2D eigenvalue weighted by molar-refractivity contribution is 5.66. The number of aliphatic carboxylic acids is 1. The summed E-state index contributed by atoms with van der Waals surface area (Å²) < 4.78 is 5.71. The third-order valence-electron chi connectivity index (χ3n) is 4.44. The highest BCUT2D eigenvalue weighted by Gasteiger charge is 2.36. The summed E-state index contributed by atoms with van der Waals surface area (Å²) in [7, 11) is 0. The molecule has 0 radical (unpaired) electrons. The Morgan fingerprint density at radius 2 is 1.86 bits per heavy atom. The highest BCUT2D eigenvalue weighted by Crippen LogP contribution is 2.26. The molecule has 0 bridgehead atoms. The molecule has 1 aliphatic rings. The Labute approximate surface area is 167 Å². The fourth-order valence-electron chi connectivity index (χ4n) is 2.87. The van der Waals surface area contributed by atoms with E-state index in [2.05, 4.69) is 19.1 Å². The van der Waals surface area contributed by atoms with Crippen molar-refractivity contribution in [1.29, 1.82) is 0 Å². The lowest BCUT2D eigenvalue weighted by molar-refractivity contribution is -0.136. The molecular weight excluding hydrogens is 360 g/mol. The molecule has 0 unspecified atom stereocenters. The molecule has 1 saturated heterocycles. The maximum Gasteiger partial charge on any atom is 0.303 e. The van der Waals surface area contributed by atoms with Crippen LogP contribution in [0.25, 0.3) is 0 Å². The van der Waals surface area contributed by atoms with Gasteiger partial charge in [0.15, 0.2) is 0 Å². The van der Waals surface area contributed by atoms with Gasteiger partial charge in [0.2, 0.25) is 0 Å². The summed E-state index contributed by atoms with van der Waals surface area (Å²) in [4.78, 5) is 10.5. The average molecular weight is 395 g/mol. The zero-order valence-electron chi connectivity index (χ0n) is 16.6. The Bertz CT molecular complexity index is 551. The Hall–Kier alpha value is -1.73. The van der Waals surface area contributed by atoms with Gasteiger partial charge in [-0.1, -0.05) is 55.5 Å². The molecule has 28 heavy (non-hydrogen) atoms. The molecular formula is C22H34O6. The summed E-state index contributed by atoms with van der Waals surface area (Å²) >= 11 is 0. The van der Waals surface area contributed by atoms with Crippen LogP contribution < -0.4 is 0 Å². The quantitative estimate of drug-likeness (QED) is 0.358. The Morgan fingerprint density at radius 1 is 1.11 bits per heavy atom. The van der Waals surface area contributed by atoms with Crippen LogP contribution in [0.3, 0.4) is 0 Å². The number of aliphatic hydroxyl groups excluding tert-OH is 3. The molecule has 4 N–H and O–H groups in total. The zero-order valence-corrected chi connectivity index (χ0v) is 16.6. The van der Waals surface area contributed by atoms with Crippen LogP contribution in [-0.4, -0.2) is 56.9 Å². The van der Waals surface area contributed by atoms with Crippen LogP contribution in [0.2, 0.25) is 0 Å². The summed E-state index contributed by atoms with van der Waals surface area (Å²) in [6, 6.07) is 0. The second kappa shape index (κ2) is 14.3. The van der Waals surface area contributed by atoms with Gasteiger partial charge in [0.1, 0.15) is 0 Å². The number of allylic oxidation sites excluding steroid dienone is 4. The van der Waals surface area contributed by atoms with E-state index in [-0.39, 0.29) is 6.42 Å². The van der Waals surface area contributed by atoms with Crippen LogP contribution in [0.4, 0.5) is 0 Å². The predicted octanol–water partition coefficient (Wildman–Crippen LogP) is 2.90. The van der Waals surface area contributed by atoms with Crippen molar-refractivity contribution in [2.24, 2.45) is 0 Å². The number of hydrogen-bond donors (Lipinski definition) is 4. The molecule has 158 valence electrons. The Morgan fingerprint density at radius 3 is 2.57 bits per heavy atom. The lowest BCUT2D eigenvalue weighted by Gasteiger charge is -2.16. The molecule has 6 nitrogen and oxygen atoms in total. The minimum atomic E-state index is -0.901. The van der Waals surface area contributed by atoms with Crippen LogP contribution >= 0.6 is 0 Å². The van der Waals surface area contributed by atoms with Gasteiger partial charge in [-0.05, 0) is 32.1 Å². The zero-order chi connectivity index (χ0) is 20.8. The fraction of sp³-hybridized carbons (Fsp3) is 0.591. The molecule has 0 aromatic carbocycles. The van der Waals surface area contributed by atoms with Crippen molar-refractivity contribution < 1.29 is 30.0 Å². The van der Waals surface area contributed by atoms with Crippen molar-refractivity contribution in [3.63, 3.8) is 0 Å². The Balaban J connectivity index is 2.33.